The van der Waals surface area contributed by atoms with E-state index in [1.54, 1.807) is 0 Å². The minimum atomic E-state index is 0.719. The fourth-order valence-corrected chi connectivity index (χ4v) is 0.941. The van der Waals surface area contributed by atoms with E-state index in [1.807, 2.05) is 0 Å². The van der Waals surface area contributed by atoms with Crippen LogP contribution in [0.3, 0.4) is 0 Å². The summed E-state index contributed by atoms with van der Waals surface area (Å²) in [6.45, 7) is 1.83. The van der Waals surface area contributed by atoms with Crippen LogP contribution in [0.25, 0.3) is 0 Å². The Morgan fingerprint density at radius 3 is 2.78 bits per heavy atom. The molecular weight excluding hydrogens is 116 g/mol. The van der Waals surface area contributed by atoms with Gasteiger partial charge in [-0.25, -0.2) is 0 Å². The summed E-state index contributed by atoms with van der Waals surface area (Å²) in [5.74, 6) is 0.755. The molecule has 0 unspecified atom stereocenters. The van der Waals surface area contributed by atoms with Crippen molar-refractivity contribution in [3.05, 3.63) is 0 Å². The standard InChI is InChI=1S/C7H12O2/c8-4-2-1-3-7-5-9-6-7/h4,7H,1-3,5-6H2. The van der Waals surface area contributed by atoms with Crippen molar-refractivity contribution >= 4 is 6.29 Å². The number of hydrogen-bond donors (Lipinski definition) is 0. The largest absolute Gasteiger partial charge is 0.381 e. The van der Waals surface area contributed by atoms with Crippen LogP contribution in [0.2, 0.25) is 0 Å². The molecule has 0 spiro atoms. The van der Waals surface area contributed by atoms with E-state index in [9.17, 15) is 4.79 Å². The molecular formula is C7H12O2. The molecule has 1 rings (SSSR count). The first kappa shape index (κ1) is 6.75. The van der Waals surface area contributed by atoms with Crippen LogP contribution < -0.4 is 0 Å². The molecule has 1 heterocycles. The molecule has 0 aromatic rings. The second kappa shape index (κ2) is 3.62. The normalized spacial score (nSPS) is 19.1. The number of rotatable bonds is 4. The first-order chi connectivity index (χ1) is 4.43. The smallest absolute Gasteiger partial charge is 0.119 e. The average molecular weight is 128 g/mol. The Kier molecular flexibility index (Phi) is 2.71. The molecule has 0 saturated carbocycles. The Bertz CT molecular complexity index is 86.9. The van der Waals surface area contributed by atoms with Crippen LogP contribution in [0.1, 0.15) is 19.3 Å². The van der Waals surface area contributed by atoms with E-state index in [2.05, 4.69) is 0 Å². The van der Waals surface area contributed by atoms with E-state index < -0.39 is 0 Å². The summed E-state index contributed by atoms with van der Waals surface area (Å²) < 4.78 is 4.98. The molecule has 0 aliphatic carbocycles. The molecule has 0 atom stereocenters. The van der Waals surface area contributed by atoms with Crippen LogP contribution in [0.5, 0.6) is 0 Å². The summed E-state index contributed by atoms with van der Waals surface area (Å²) in [7, 11) is 0. The molecule has 1 saturated heterocycles. The lowest BCUT2D eigenvalue weighted by Gasteiger charge is -2.25. The van der Waals surface area contributed by atoms with Crippen molar-refractivity contribution in [3.63, 3.8) is 0 Å². The van der Waals surface area contributed by atoms with Crippen molar-refractivity contribution < 1.29 is 9.53 Å². The third-order valence-corrected chi connectivity index (χ3v) is 1.64. The average Bonchev–Trinajstić information content (AvgIpc) is 1.76. The van der Waals surface area contributed by atoms with E-state index in [0.29, 0.717) is 0 Å². The van der Waals surface area contributed by atoms with Gasteiger partial charge in [0, 0.05) is 12.3 Å². The van der Waals surface area contributed by atoms with Crippen LogP contribution in [0, 0.1) is 5.92 Å². The molecule has 0 aromatic heterocycles. The highest BCUT2D eigenvalue weighted by atomic mass is 16.5. The van der Waals surface area contributed by atoms with Gasteiger partial charge in [0.1, 0.15) is 6.29 Å². The van der Waals surface area contributed by atoms with E-state index in [1.165, 1.54) is 6.42 Å². The van der Waals surface area contributed by atoms with Crippen LogP contribution in [0.4, 0.5) is 0 Å². The van der Waals surface area contributed by atoms with Crippen LogP contribution in [-0.2, 0) is 9.53 Å². The van der Waals surface area contributed by atoms with Crippen molar-refractivity contribution in [2.75, 3.05) is 13.2 Å². The summed E-state index contributed by atoms with van der Waals surface area (Å²) in [6.07, 6.45) is 3.91. The van der Waals surface area contributed by atoms with Gasteiger partial charge in [-0.1, -0.05) is 0 Å². The predicted molar refractivity (Wildman–Crippen MR) is 34.2 cm³/mol. The summed E-state index contributed by atoms with van der Waals surface area (Å²) in [5.41, 5.74) is 0. The Labute approximate surface area is 55.2 Å². The maximum atomic E-state index is 9.86. The van der Waals surface area contributed by atoms with Gasteiger partial charge >= 0.3 is 0 Å². The van der Waals surface area contributed by atoms with Crippen molar-refractivity contribution in [2.45, 2.75) is 19.3 Å². The molecule has 0 radical (unpaired) electrons. The molecule has 1 fully saturated rings. The minimum absolute atomic E-state index is 0.719. The maximum absolute atomic E-state index is 9.86. The number of ether oxygens (including phenoxy) is 1. The molecule has 2 heteroatoms. The number of carbonyl (C=O) groups is 1. The summed E-state index contributed by atoms with van der Waals surface area (Å²) in [5, 5.41) is 0. The molecule has 0 amide bonds. The van der Waals surface area contributed by atoms with E-state index >= 15 is 0 Å². The number of aldehydes is 1. The summed E-state index contributed by atoms with van der Waals surface area (Å²) >= 11 is 0. The van der Waals surface area contributed by atoms with E-state index in [-0.39, 0.29) is 0 Å². The van der Waals surface area contributed by atoms with Crippen LogP contribution >= 0.6 is 0 Å². The van der Waals surface area contributed by atoms with Gasteiger partial charge in [0.25, 0.3) is 0 Å². The SMILES string of the molecule is O=CCCCC1COC1. The van der Waals surface area contributed by atoms with Gasteiger partial charge in [0.2, 0.25) is 0 Å². The molecule has 0 aromatic carbocycles. The second-order valence-electron chi connectivity index (χ2n) is 2.50. The first-order valence-electron chi connectivity index (χ1n) is 3.45. The molecule has 1 aliphatic heterocycles. The van der Waals surface area contributed by atoms with E-state index in [0.717, 1.165) is 38.3 Å². The highest BCUT2D eigenvalue weighted by Gasteiger charge is 2.16. The summed E-state index contributed by atoms with van der Waals surface area (Å²) in [4.78, 5) is 9.86. The monoisotopic (exact) mass is 128 g/mol. The number of unbranched alkanes of at least 4 members (excludes halogenated alkanes) is 1. The Morgan fingerprint density at radius 2 is 2.33 bits per heavy atom. The Balaban J connectivity index is 1.85. The Hall–Kier alpha value is -0.370. The van der Waals surface area contributed by atoms with Gasteiger partial charge in [0.05, 0.1) is 13.2 Å². The zero-order chi connectivity index (χ0) is 6.53. The van der Waals surface area contributed by atoms with Gasteiger partial charge in [-0.15, -0.1) is 0 Å². The fraction of sp³-hybridized carbons (Fsp3) is 0.857. The van der Waals surface area contributed by atoms with Gasteiger partial charge in [-0.3, -0.25) is 0 Å². The van der Waals surface area contributed by atoms with Crippen molar-refractivity contribution in [2.24, 2.45) is 5.92 Å². The zero-order valence-electron chi connectivity index (χ0n) is 5.51. The molecule has 0 bridgehead atoms. The quantitative estimate of drug-likeness (QED) is 0.417. The Morgan fingerprint density at radius 1 is 1.56 bits per heavy atom. The number of hydrogen-bond acceptors (Lipinski definition) is 2. The second-order valence-corrected chi connectivity index (χ2v) is 2.50. The zero-order valence-corrected chi connectivity index (χ0v) is 5.51. The third-order valence-electron chi connectivity index (χ3n) is 1.64. The third kappa shape index (κ3) is 2.14. The first-order valence-corrected chi connectivity index (χ1v) is 3.45. The highest BCUT2D eigenvalue weighted by Crippen LogP contribution is 2.16. The number of carbonyl (C=O) groups excluding carboxylic acids is 1. The lowest BCUT2D eigenvalue weighted by molar-refractivity contribution is -0.108. The van der Waals surface area contributed by atoms with Crippen molar-refractivity contribution in [3.8, 4) is 0 Å². The molecule has 1 aliphatic rings. The fourth-order valence-electron chi connectivity index (χ4n) is 0.941. The lowest BCUT2D eigenvalue weighted by Crippen LogP contribution is -2.27. The van der Waals surface area contributed by atoms with Crippen LogP contribution in [-0.4, -0.2) is 19.5 Å². The highest BCUT2D eigenvalue weighted by molar-refractivity contribution is 5.48. The topological polar surface area (TPSA) is 26.3 Å². The van der Waals surface area contributed by atoms with Crippen molar-refractivity contribution in [1.82, 2.24) is 0 Å². The van der Waals surface area contributed by atoms with Gasteiger partial charge < -0.3 is 9.53 Å². The minimum Gasteiger partial charge on any atom is -0.381 e. The van der Waals surface area contributed by atoms with Gasteiger partial charge in [0.15, 0.2) is 0 Å². The summed E-state index contributed by atoms with van der Waals surface area (Å²) in [6, 6.07) is 0. The predicted octanol–water partition coefficient (Wildman–Crippen LogP) is 1.00. The van der Waals surface area contributed by atoms with Gasteiger partial charge in [-0.2, -0.15) is 0 Å². The van der Waals surface area contributed by atoms with Crippen molar-refractivity contribution in [1.29, 1.82) is 0 Å². The van der Waals surface area contributed by atoms with Gasteiger partial charge in [-0.05, 0) is 12.8 Å². The van der Waals surface area contributed by atoms with E-state index in [4.69, 9.17) is 4.74 Å². The molecule has 9 heavy (non-hydrogen) atoms. The molecule has 0 N–H and O–H groups in total. The van der Waals surface area contributed by atoms with Crippen LogP contribution in [0.15, 0.2) is 0 Å². The lowest BCUT2D eigenvalue weighted by atomic mass is 10.0. The molecule has 52 valence electrons. The maximum Gasteiger partial charge on any atom is 0.119 e. The molecule has 2 nitrogen and oxygen atoms in total.